The summed E-state index contributed by atoms with van der Waals surface area (Å²) >= 11 is 0. The van der Waals surface area contributed by atoms with E-state index in [-0.39, 0.29) is 0 Å². The van der Waals surface area contributed by atoms with Crippen LogP contribution in [0.2, 0.25) is 0 Å². The summed E-state index contributed by atoms with van der Waals surface area (Å²) in [7, 11) is -3.50. The smallest absolute Gasteiger partial charge is 0.328 e. The lowest BCUT2D eigenvalue weighted by atomic mass is 10.4. The largest absolute Gasteiger partial charge is 0.351 e. The first-order chi connectivity index (χ1) is 4.76. The van der Waals surface area contributed by atoms with E-state index in [0.29, 0.717) is 4.31 Å². The quantitative estimate of drug-likeness (QED) is 0.635. The van der Waals surface area contributed by atoms with Crippen molar-refractivity contribution in [2.24, 2.45) is 5.73 Å². The summed E-state index contributed by atoms with van der Waals surface area (Å²) in [5.74, 6) is 0. The highest BCUT2D eigenvalue weighted by Gasteiger charge is 2.23. The van der Waals surface area contributed by atoms with E-state index in [1.807, 2.05) is 0 Å². The lowest BCUT2D eigenvalue weighted by Gasteiger charge is -2.21. The molecule has 6 heteroatoms. The predicted molar refractivity (Wildman–Crippen MR) is 41.4 cm³/mol. The second-order valence-electron chi connectivity index (χ2n) is 2.49. The van der Waals surface area contributed by atoms with Crippen molar-refractivity contribution in [3.05, 3.63) is 0 Å². The molecule has 0 rings (SSSR count). The molecule has 5 nitrogen and oxygen atoms in total. The Morgan fingerprint density at radius 2 is 1.82 bits per heavy atom. The number of urea groups is 1. The van der Waals surface area contributed by atoms with Crippen molar-refractivity contribution >= 4 is 16.1 Å². The Kier molecular flexibility index (Phi) is 2.86. The van der Waals surface area contributed by atoms with E-state index in [1.165, 1.54) is 0 Å². The summed E-state index contributed by atoms with van der Waals surface area (Å²) in [5, 5.41) is 0. The Morgan fingerprint density at radius 3 is 1.82 bits per heavy atom. The van der Waals surface area contributed by atoms with Crippen LogP contribution in [0, 0.1) is 0 Å². The molecular weight excluding hydrogens is 168 g/mol. The maximum absolute atomic E-state index is 10.8. The summed E-state index contributed by atoms with van der Waals surface area (Å²) < 4.78 is 22.3. The second-order valence-corrected chi connectivity index (χ2v) is 4.35. The summed E-state index contributed by atoms with van der Waals surface area (Å²) in [5.41, 5.74) is 4.83. The van der Waals surface area contributed by atoms with Crippen molar-refractivity contribution in [2.75, 3.05) is 6.26 Å². The van der Waals surface area contributed by atoms with E-state index < -0.39 is 22.1 Å². The summed E-state index contributed by atoms with van der Waals surface area (Å²) in [4.78, 5) is 10.6. The van der Waals surface area contributed by atoms with Gasteiger partial charge in [0.05, 0.1) is 6.26 Å². The van der Waals surface area contributed by atoms with Gasteiger partial charge in [0, 0.05) is 6.04 Å². The molecule has 0 saturated carbocycles. The minimum absolute atomic E-state index is 0.428. The lowest BCUT2D eigenvalue weighted by Crippen LogP contribution is -2.44. The van der Waals surface area contributed by atoms with Gasteiger partial charge in [-0.2, -0.15) is 0 Å². The predicted octanol–water partition coefficient (Wildman–Crippen LogP) is -0.265. The van der Waals surface area contributed by atoms with E-state index in [4.69, 9.17) is 5.73 Å². The lowest BCUT2D eigenvalue weighted by molar-refractivity contribution is 0.225. The fraction of sp³-hybridized carbons (Fsp3) is 0.800. The molecule has 0 spiro atoms. The molecule has 2 amide bonds. The average Bonchev–Trinajstić information content (AvgIpc) is 1.54. The van der Waals surface area contributed by atoms with E-state index in [0.717, 1.165) is 6.26 Å². The van der Waals surface area contributed by atoms with Gasteiger partial charge in [0.25, 0.3) is 0 Å². The van der Waals surface area contributed by atoms with E-state index in [9.17, 15) is 13.2 Å². The Bertz CT molecular complexity index is 244. The number of sulfonamides is 1. The molecule has 66 valence electrons. The van der Waals surface area contributed by atoms with Gasteiger partial charge in [-0.1, -0.05) is 0 Å². The van der Waals surface area contributed by atoms with Gasteiger partial charge in [-0.3, -0.25) is 0 Å². The molecule has 0 aromatic rings. The third-order valence-corrected chi connectivity index (χ3v) is 2.36. The molecule has 2 N–H and O–H groups in total. The number of nitrogens with zero attached hydrogens (tertiary/aromatic N) is 1. The van der Waals surface area contributed by atoms with Gasteiger partial charge in [0.1, 0.15) is 0 Å². The maximum Gasteiger partial charge on any atom is 0.328 e. The first-order valence-electron chi connectivity index (χ1n) is 3.05. The van der Waals surface area contributed by atoms with Gasteiger partial charge in [-0.05, 0) is 13.8 Å². The molecule has 0 aromatic heterocycles. The number of primary amides is 1. The number of amides is 2. The maximum atomic E-state index is 10.8. The fourth-order valence-electron chi connectivity index (χ4n) is 0.801. The van der Waals surface area contributed by atoms with Gasteiger partial charge >= 0.3 is 6.03 Å². The minimum Gasteiger partial charge on any atom is -0.351 e. The van der Waals surface area contributed by atoms with Gasteiger partial charge in [-0.25, -0.2) is 17.5 Å². The van der Waals surface area contributed by atoms with Crippen LogP contribution in [-0.2, 0) is 10.0 Å². The monoisotopic (exact) mass is 180 g/mol. The van der Waals surface area contributed by atoms with Crippen LogP contribution in [0.25, 0.3) is 0 Å². The molecule has 0 atom stereocenters. The zero-order chi connectivity index (χ0) is 9.23. The zero-order valence-electron chi connectivity index (χ0n) is 6.73. The van der Waals surface area contributed by atoms with Crippen LogP contribution in [-0.4, -0.2) is 31.1 Å². The second kappa shape index (κ2) is 3.08. The highest BCUT2D eigenvalue weighted by molar-refractivity contribution is 7.88. The Balaban J connectivity index is 4.79. The van der Waals surface area contributed by atoms with Gasteiger partial charge in [0.2, 0.25) is 10.0 Å². The molecule has 11 heavy (non-hydrogen) atoms. The number of hydrogen-bond acceptors (Lipinski definition) is 3. The first kappa shape index (κ1) is 10.2. The molecule has 0 aliphatic heterocycles. The number of rotatable bonds is 2. The van der Waals surface area contributed by atoms with Crippen LogP contribution in [0.3, 0.4) is 0 Å². The average molecular weight is 180 g/mol. The van der Waals surface area contributed by atoms with Gasteiger partial charge in [-0.15, -0.1) is 0 Å². The SMILES string of the molecule is CC(C)N(C(N)=O)S(C)(=O)=O. The van der Waals surface area contributed by atoms with Crippen LogP contribution in [0.15, 0.2) is 0 Å². The van der Waals surface area contributed by atoms with Crippen LogP contribution in [0.1, 0.15) is 13.8 Å². The van der Waals surface area contributed by atoms with Crippen molar-refractivity contribution in [1.82, 2.24) is 4.31 Å². The molecule has 0 heterocycles. The summed E-state index contributed by atoms with van der Waals surface area (Å²) in [6.07, 6.45) is 0.942. The Morgan fingerprint density at radius 1 is 1.45 bits per heavy atom. The first-order valence-corrected chi connectivity index (χ1v) is 4.90. The van der Waals surface area contributed by atoms with Gasteiger partial charge < -0.3 is 5.73 Å². The fourth-order valence-corrected chi connectivity index (χ4v) is 1.89. The van der Waals surface area contributed by atoms with Crippen molar-refractivity contribution < 1.29 is 13.2 Å². The molecule has 0 aliphatic carbocycles. The topological polar surface area (TPSA) is 80.5 Å². The number of carbonyl (C=O) groups excluding carboxylic acids is 1. The number of carbonyl (C=O) groups is 1. The van der Waals surface area contributed by atoms with Crippen molar-refractivity contribution in [3.8, 4) is 0 Å². The molecular formula is C5H12N2O3S. The third-order valence-electron chi connectivity index (χ3n) is 1.04. The van der Waals surface area contributed by atoms with Crippen LogP contribution in [0.4, 0.5) is 4.79 Å². The van der Waals surface area contributed by atoms with E-state index in [1.54, 1.807) is 13.8 Å². The van der Waals surface area contributed by atoms with Crippen LogP contribution < -0.4 is 5.73 Å². The van der Waals surface area contributed by atoms with Crippen LogP contribution >= 0.6 is 0 Å². The number of hydrogen-bond donors (Lipinski definition) is 1. The molecule has 0 fully saturated rings. The van der Waals surface area contributed by atoms with Crippen LogP contribution in [0.5, 0.6) is 0 Å². The Hall–Kier alpha value is -0.780. The van der Waals surface area contributed by atoms with E-state index in [2.05, 4.69) is 0 Å². The number of nitrogens with two attached hydrogens (primary N) is 1. The zero-order valence-corrected chi connectivity index (χ0v) is 7.55. The van der Waals surface area contributed by atoms with Crippen molar-refractivity contribution in [1.29, 1.82) is 0 Å². The third kappa shape index (κ3) is 2.75. The highest BCUT2D eigenvalue weighted by Crippen LogP contribution is 2.03. The van der Waals surface area contributed by atoms with Crippen molar-refractivity contribution in [3.63, 3.8) is 0 Å². The standard InChI is InChI=1S/C5H12N2O3S/c1-4(2)7(5(6)8)11(3,9)10/h4H,1-3H3,(H2,6,8). The minimum atomic E-state index is -3.50. The molecule has 0 bridgehead atoms. The highest BCUT2D eigenvalue weighted by atomic mass is 32.2. The molecule has 0 radical (unpaired) electrons. The summed E-state index contributed by atoms with van der Waals surface area (Å²) in [6.45, 7) is 3.15. The molecule has 0 unspecified atom stereocenters. The van der Waals surface area contributed by atoms with Crippen molar-refractivity contribution in [2.45, 2.75) is 19.9 Å². The molecule has 0 aromatic carbocycles. The molecule has 0 aliphatic rings. The summed E-state index contributed by atoms with van der Waals surface area (Å²) in [6, 6.07) is -1.37. The molecule has 0 saturated heterocycles. The van der Waals surface area contributed by atoms with E-state index >= 15 is 0 Å². The normalized spacial score (nSPS) is 11.6. The van der Waals surface area contributed by atoms with Gasteiger partial charge in [0.15, 0.2) is 0 Å². The Labute approximate surface area is 66.2 Å².